The van der Waals surface area contributed by atoms with Gasteiger partial charge < -0.3 is 15.0 Å². The van der Waals surface area contributed by atoms with Gasteiger partial charge in [-0.25, -0.2) is 4.79 Å². The van der Waals surface area contributed by atoms with Gasteiger partial charge in [0.15, 0.2) is 0 Å². The van der Waals surface area contributed by atoms with Crippen molar-refractivity contribution in [3.8, 4) is 0 Å². The molecule has 0 aliphatic carbocycles. The summed E-state index contributed by atoms with van der Waals surface area (Å²) in [6, 6.07) is 0. The van der Waals surface area contributed by atoms with Gasteiger partial charge in [0.05, 0.1) is 0 Å². The van der Waals surface area contributed by atoms with E-state index >= 15 is 0 Å². The summed E-state index contributed by atoms with van der Waals surface area (Å²) in [5, 5.41) is 3.39. The molecule has 2 heterocycles. The average Bonchev–Trinajstić information content (AvgIpc) is 2.74. The van der Waals surface area contributed by atoms with E-state index in [1.165, 1.54) is 12.8 Å². The van der Waals surface area contributed by atoms with Crippen molar-refractivity contribution in [2.75, 3.05) is 32.8 Å². The Morgan fingerprint density at radius 1 is 1.53 bits per heavy atom. The molecule has 2 saturated heterocycles. The lowest BCUT2D eigenvalue weighted by Crippen LogP contribution is -2.47. The fourth-order valence-corrected chi connectivity index (χ4v) is 2.73. The van der Waals surface area contributed by atoms with Gasteiger partial charge in [-0.2, -0.15) is 0 Å². The van der Waals surface area contributed by atoms with E-state index in [-0.39, 0.29) is 18.5 Å². The van der Waals surface area contributed by atoms with Gasteiger partial charge in [-0.15, -0.1) is 12.4 Å². The maximum Gasteiger partial charge on any atom is 0.410 e. The molecular weight excluding hydrogens is 240 g/mol. The van der Waals surface area contributed by atoms with Crippen molar-refractivity contribution < 1.29 is 9.53 Å². The first-order valence-corrected chi connectivity index (χ1v) is 5.99. The predicted molar refractivity (Wildman–Crippen MR) is 69.5 cm³/mol. The highest BCUT2D eigenvalue weighted by molar-refractivity contribution is 5.85. The van der Waals surface area contributed by atoms with E-state index in [4.69, 9.17) is 4.74 Å². The fourth-order valence-electron chi connectivity index (χ4n) is 2.73. The third-order valence-corrected chi connectivity index (χ3v) is 3.58. The zero-order chi connectivity index (χ0) is 11.4. The summed E-state index contributed by atoms with van der Waals surface area (Å²) in [4.78, 5) is 13.6. The largest absolute Gasteiger partial charge is 0.445 e. The zero-order valence-electron chi connectivity index (χ0n) is 10.1. The normalized spacial score (nSPS) is 27.6. The van der Waals surface area contributed by atoms with E-state index in [1.807, 2.05) is 4.90 Å². The number of hydrogen-bond donors (Lipinski definition) is 1. The monoisotopic (exact) mass is 260 g/mol. The number of rotatable bonds is 2. The molecule has 1 spiro atoms. The highest BCUT2D eigenvalue weighted by Crippen LogP contribution is 2.35. The van der Waals surface area contributed by atoms with Crippen molar-refractivity contribution in [2.24, 2.45) is 5.41 Å². The van der Waals surface area contributed by atoms with Gasteiger partial charge in [0.2, 0.25) is 0 Å². The molecule has 0 aromatic heterocycles. The van der Waals surface area contributed by atoms with Crippen LogP contribution in [0.25, 0.3) is 0 Å². The van der Waals surface area contributed by atoms with Gasteiger partial charge in [0, 0.05) is 25.0 Å². The van der Waals surface area contributed by atoms with Crippen LogP contribution >= 0.6 is 12.4 Å². The number of piperidine rings is 1. The first-order chi connectivity index (χ1) is 7.76. The third kappa shape index (κ3) is 3.36. The molecule has 0 saturated carbocycles. The van der Waals surface area contributed by atoms with Crippen LogP contribution in [-0.2, 0) is 4.74 Å². The van der Waals surface area contributed by atoms with Gasteiger partial charge in [0.1, 0.15) is 6.61 Å². The number of carbonyl (C=O) groups is 1. The quantitative estimate of drug-likeness (QED) is 0.770. The smallest absolute Gasteiger partial charge is 0.410 e. The summed E-state index contributed by atoms with van der Waals surface area (Å²) in [5.74, 6) is 0. The van der Waals surface area contributed by atoms with Gasteiger partial charge in [-0.1, -0.05) is 12.7 Å². The number of hydrogen-bond acceptors (Lipinski definition) is 3. The molecule has 2 aliphatic rings. The molecule has 1 unspecified atom stereocenters. The minimum absolute atomic E-state index is 0. The summed E-state index contributed by atoms with van der Waals surface area (Å²) in [5.41, 5.74) is 0.311. The van der Waals surface area contributed by atoms with E-state index in [9.17, 15) is 4.79 Å². The summed E-state index contributed by atoms with van der Waals surface area (Å²) < 4.78 is 5.08. The molecule has 0 aromatic carbocycles. The van der Waals surface area contributed by atoms with Crippen LogP contribution in [0.3, 0.4) is 0 Å². The highest BCUT2D eigenvalue weighted by atomic mass is 35.5. The van der Waals surface area contributed by atoms with Crippen molar-refractivity contribution >= 4 is 18.5 Å². The lowest BCUT2D eigenvalue weighted by Gasteiger charge is -2.39. The lowest BCUT2D eigenvalue weighted by atomic mass is 9.79. The molecule has 2 rings (SSSR count). The van der Waals surface area contributed by atoms with E-state index < -0.39 is 0 Å². The number of carbonyl (C=O) groups excluding carboxylic acids is 1. The average molecular weight is 261 g/mol. The first kappa shape index (κ1) is 14.3. The van der Waals surface area contributed by atoms with Crippen LogP contribution in [0, 0.1) is 5.41 Å². The molecule has 2 fully saturated rings. The molecule has 5 heteroatoms. The van der Waals surface area contributed by atoms with Crippen molar-refractivity contribution in [2.45, 2.75) is 19.3 Å². The van der Waals surface area contributed by atoms with Crippen molar-refractivity contribution in [1.29, 1.82) is 0 Å². The summed E-state index contributed by atoms with van der Waals surface area (Å²) >= 11 is 0. The Labute approximate surface area is 109 Å². The second-order valence-corrected chi connectivity index (χ2v) is 4.82. The van der Waals surface area contributed by atoms with Crippen LogP contribution in [-0.4, -0.2) is 43.8 Å². The Morgan fingerprint density at radius 2 is 2.35 bits per heavy atom. The third-order valence-electron chi connectivity index (χ3n) is 3.58. The van der Waals surface area contributed by atoms with Crippen molar-refractivity contribution in [3.05, 3.63) is 12.7 Å². The van der Waals surface area contributed by atoms with Crippen LogP contribution in [0.4, 0.5) is 4.79 Å². The predicted octanol–water partition coefficient (Wildman–Crippen LogP) is 1.81. The van der Waals surface area contributed by atoms with Crippen molar-refractivity contribution in [3.63, 3.8) is 0 Å². The molecule has 1 N–H and O–H groups in total. The van der Waals surface area contributed by atoms with Gasteiger partial charge in [0.25, 0.3) is 0 Å². The number of nitrogens with one attached hydrogen (secondary N) is 1. The number of ether oxygens (including phenoxy) is 1. The molecule has 1 amide bonds. The second kappa shape index (κ2) is 6.26. The Balaban J connectivity index is 0.00000144. The van der Waals surface area contributed by atoms with E-state index in [0.29, 0.717) is 12.0 Å². The highest BCUT2D eigenvalue weighted by Gasteiger charge is 2.39. The Morgan fingerprint density at radius 3 is 3.00 bits per heavy atom. The maximum atomic E-state index is 11.7. The SMILES string of the molecule is C=CCOC(=O)N1CCCC2(CCNC2)C1.Cl. The van der Waals surface area contributed by atoms with Gasteiger partial charge in [-0.3, -0.25) is 0 Å². The second-order valence-electron chi connectivity index (χ2n) is 4.82. The first-order valence-electron chi connectivity index (χ1n) is 5.99. The molecule has 98 valence electrons. The molecule has 2 aliphatic heterocycles. The van der Waals surface area contributed by atoms with E-state index in [0.717, 1.165) is 32.6 Å². The molecule has 0 bridgehead atoms. The topological polar surface area (TPSA) is 41.6 Å². The molecular formula is C12H21ClN2O2. The summed E-state index contributed by atoms with van der Waals surface area (Å²) in [6.07, 6.45) is 4.91. The summed E-state index contributed by atoms with van der Waals surface area (Å²) in [6.45, 7) is 7.64. The number of likely N-dealkylation sites (tertiary alicyclic amines) is 1. The Kier molecular flexibility index (Phi) is 5.28. The lowest BCUT2D eigenvalue weighted by molar-refractivity contribution is 0.0678. The summed E-state index contributed by atoms with van der Waals surface area (Å²) in [7, 11) is 0. The standard InChI is InChI=1S/C12H20N2O2.ClH/c1-2-8-16-11(15)14-7-3-4-12(10-14)5-6-13-9-12;/h2,13H,1,3-10H2;1H. The van der Waals surface area contributed by atoms with Crippen LogP contribution in [0.15, 0.2) is 12.7 Å². The minimum atomic E-state index is -0.189. The Hall–Kier alpha value is -0.740. The van der Waals surface area contributed by atoms with Gasteiger partial charge in [-0.05, 0) is 25.8 Å². The number of nitrogens with zero attached hydrogens (tertiary/aromatic N) is 1. The molecule has 0 aromatic rings. The zero-order valence-corrected chi connectivity index (χ0v) is 10.9. The van der Waals surface area contributed by atoms with E-state index in [2.05, 4.69) is 11.9 Å². The fraction of sp³-hybridized carbons (Fsp3) is 0.750. The van der Waals surface area contributed by atoms with Crippen LogP contribution in [0.5, 0.6) is 0 Å². The Bertz CT molecular complexity index is 278. The maximum absolute atomic E-state index is 11.7. The van der Waals surface area contributed by atoms with Gasteiger partial charge >= 0.3 is 6.09 Å². The minimum Gasteiger partial charge on any atom is -0.445 e. The molecule has 4 nitrogen and oxygen atoms in total. The molecule has 17 heavy (non-hydrogen) atoms. The van der Waals surface area contributed by atoms with Crippen LogP contribution in [0.1, 0.15) is 19.3 Å². The molecule has 1 atom stereocenters. The number of amides is 1. The van der Waals surface area contributed by atoms with E-state index in [1.54, 1.807) is 6.08 Å². The van der Waals surface area contributed by atoms with Crippen molar-refractivity contribution in [1.82, 2.24) is 10.2 Å². The molecule has 0 radical (unpaired) electrons. The van der Waals surface area contributed by atoms with Crippen LogP contribution < -0.4 is 5.32 Å². The number of halogens is 1. The van der Waals surface area contributed by atoms with Crippen LogP contribution in [0.2, 0.25) is 0 Å².